The lowest BCUT2D eigenvalue weighted by Crippen LogP contribution is -2.68. The first-order valence-electron chi connectivity index (χ1n) is 14.9. The summed E-state index contributed by atoms with van der Waals surface area (Å²) in [5, 5.41) is 2.30. The van der Waals surface area contributed by atoms with E-state index in [9.17, 15) is 91.0 Å². The van der Waals surface area contributed by atoms with Crippen LogP contribution in [0.25, 0.3) is 0 Å². The lowest BCUT2D eigenvalue weighted by Gasteiger charge is -2.51. The molecule has 354 valence electrons. The van der Waals surface area contributed by atoms with Crippen LogP contribution >= 0.6 is 12.6 Å². The van der Waals surface area contributed by atoms with Crippen molar-refractivity contribution in [2.75, 3.05) is 18.5 Å². The Kier molecular flexibility index (Phi) is 16.8. The van der Waals surface area contributed by atoms with E-state index in [0.717, 1.165) is 31.2 Å². The standard InChI is InChI=1S/C20H29NO32S8/c1-8(22)21-10-4-2-9(3-5-10)20(54)18(53-61(41,42)43)16(51-59(35,36)37)13(12(48-20)7-45-56(26,27)28)47-19-17(52-60(38,39)40)15(50-58(32,33)34)14(49-57(29,30)31)11(46-19)6-44-55(23,24)25/h2-5,11-19,54H,6-7H2,1H3,(H,21,22)(H,23,24,25)(H,26,27,28)(H,29,30,31)(H,32,33,34)(H,35,36,37)(H,38,39,40)(H,41,42,43)/t11-,12-,13-,14-,15+,16+,17-,18-,19+,20+/m1/s1. The summed E-state index contributed by atoms with van der Waals surface area (Å²) in [6.45, 7) is -2.55. The largest absolute Gasteiger partial charge is 0.397 e. The van der Waals surface area contributed by atoms with Crippen LogP contribution in [0.3, 0.4) is 0 Å². The molecular weight excluding hydrogens is 1020 g/mol. The Morgan fingerprint density at radius 2 is 1.00 bits per heavy atom. The minimum atomic E-state index is -6.15. The highest BCUT2D eigenvalue weighted by Crippen LogP contribution is 2.47. The molecular formula is C20H29NO32S8. The number of carbonyl (C=O) groups excluding carboxylic acids is 1. The molecule has 0 spiro atoms. The molecule has 0 aromatic heterocycles. The number of rotatable bonds is 20. The molecule has 0 saturated carbocycles. The number of nitrogens with one attached hydrogen (secondary N) is 1. The highest BCUT2D eigenvalue weighted by Gasteiger charge is 2.62. The molecule has 3 rings (SSSR count). The summed E-state index contributed by atoms with van der Waals surface area (Å²) in [5.41, 5.74) is -0.548. The SMILES string of the molecule is CC(=O)Nc1ccc([C@@]2(S)O[C@H](COS(=O)(=O)O)[C@@H](O[C@@H]3O[C@H](COS(=O)(=O)O)[C@@H](OS(=O)(=O)O)[C@H](OS(=O)(=O)O)[C@H]3OS(=O)(=O)O)[C@H](OS(=O)(=O)O)[C@H]2OS(=O)(=O)O)cc1. The third-order valence-corrected chi connectivity index (χ3v) is 10.9. The van der Waals surface area contributed by atoms with Crippen LogP contribution in [0, 0.1) is 0 Å². The average molecular weight is 1050 g/mol. The van der Waals surface area contributed by atoms with Crippen LogP contribution < -0.4 is 5.32 Å². The van der Waals surface area contributed by atoms with Gasteiger partial charge < -0.3 is 19.5 Å². The second-order valence-corrected chi connectivity index (χ2v) is 19.7. The number of amides is 1. The Labute approximate surface area is 349 Å². The van der Waals surface area contributed by atoms with Crippen molar-refractivity contribution in [3.05, 3.63) is 29.8 Å². The fourth-order valence-corrected chi connectivity index (χ4v) is 8.98. The van der Waals surface area contributed by atoms with Gasteiger partial charge >= 0.3 is 72.8 Å². The monoisotopic (exact) mass is 1050 g/mol. The van der Waals surface area contributed by atoms with Gasteiger partial charge in [0.25, 0.3) is 0 Å². The van der Waals surface area contributed by atoms with E-state index in [-0.39, 0.29) is 5.69 Å². The van der Waals surface area contributed by atoms with E-state index in [0.29, 0.717) is 0 Å². The van der Waals surface area contributed by atoms with Crippen LogP contribution in [-0.2, 0) is 126 Å². The van der Waals surface area contributed by atoms with Gasteiger partial charge in [0.15, 0.2) is 23.4 Å². The topological polar surface area (TPSA) is 502 Å². The maximum absolute atomic E-state index is 12.3. The zero-order chi connectivity index (χ0) is 46.9. The van der Waals surface area contributed by atoms with Gasteiger partial charge in [0.1, 0.15) is 36.6 Å². The summed E-state index contributed by atoms with van der Waals surface area (Å²) >= 11 is 4.18. The van der Waals surface area contributed by atoms with E-state index in [2.05, 4.69) is 47.2 Å². The van der Waals surface area contributed by atoms with Crippen molar-refractivity contribution in [2.24, 2.45) is 0 Å². The Hall–Kier alpha value is -1.99. The molecule has 10 atom stereocenters. The van der Waals surface area contributed by atoms with Gasteiger partial charge in [-0.3, -0.25) is 36.7 Å². The summed E-state index contributed by atoms with van der Waals surface area (Å²) in [6, 6.07) is 3.90. The van der Waals surface area contributed by atoms with Crippen LogP contribution in [0.4, 0.5) is 5.69 Å². The molecule has 2 heterocycles. The van der Waals surface area contributed by atoms with Crippen LogP contribution in [0.2, 0.25) is 0 Å². The predicted octanol–water partition coefficient (Wildman–Crippen LogP) is -4.18. The zero-order valence-corrected chi connectivity index (χ0v) is 35.7. The summed E-state index contributed by atoms with van der Waals surface area (Å²) < 4.78 is 279. The predicted molar refractivity (Wildman–Crippen MR) is 187 cm³/mol. The summed E-state index contributed by atoms with van der Waals surface area (Å²) in [4.78, 5) is 8.52. The lowest BCUT2D eigenvalue weighted by molar-refractivity contribution is -0.333. The van der Waals surface area contributed by atoms with Crippen LogP contribution in [0.1, 0.15) is 12.5 Å². The summed E-state index contributed by atoms with van der Waals surface area (Å²) in [6.07, 6.45) is -27.5. The fraction of sp³-hybridized carbons (Fsp3) is 0.650. The molecule has 1 amide bonds. The third kappa shape index (κ3) is 17.5. The normalized spacial score (nSPS) is 29.8. The summed E-state index contributed by atoms with van der Waals surface area (Å²) in [7, 11) is -41.7. The number of ether oxygens (including phenoxy) is 3. The molecule has 2 aliphatic heterocycles. The number of anilines is 1. The number of thiol groups is 1. The van der Waals surface area contributed by atoms with Crippen molar-refractivity contribution in [1.29, 1.82) is 0 Å². The smallest absolute Gasteiger partial charge is 0.349 e. The van der Waals surface area contributed by atoms with Crippen LogP contribution in [0.15, 0.2) is 24.3 Å². The molecule has 41 heteroatoms. The van der Waals surface area contributed by atoms with Gasteiger partial charge in [0.2, 0.25) is 5.91 Å². The number of hydrogen-bond acceptors (Lipinski definition) is 26. The van der Waals surface area contributed by atoms with Crippen LogP contribution in [-0.4, -0.2) is 165 Å². The second kappa shape index (κ2) is 19.2. The Morgan fingerprint density at radius 1 is 0.590 bits per heavy atom. The van der Waals surface area contributed by atoms with Crippen LogP contribution in [0.5, 0.6) is 0 Å². The minimum Gasteiger partial charge on any atom is -0.349 e. The van der Waals surface area contributed by atoms with Crippen molar-refractivity contribution in [3.63, 3.8) is 0 Å². The highest BCUT2D eigenvalue weighted by molar-refractivity contribution is 7.82. The molecule has 61 heavy (non-hydrogen) atoms. The van der Waals surface area contributed by atoms with Gasteiger partial charge in [-0.25, -0.2) is 29.3 Å². The Balaban J connectivity index is 2.43. The second-order valence-electron chi connectivity index (χ2n) is 11.6. The van der Waals surface area contributed by atoms with Crippen molar-refractivity contribution in [3.8, 4) is 0 Å². The maximum Gasteiger partial charge on any atom is 0.397 e. The molecule has 1 aromatic carbocycles. The first kappa shape index (κ1) is 53.3. The zero-order valence-electron chi connectivity index (χ0n) is 29.1. The van der Waals surface area contributed by atoms with Gasteiger partial charge in [-0.15, -0.1) is 12.6 Å². The van der Waals surface area contributed by atoms with Crippen molar-refractivity contribution in [1.82, 2.24) is 0 Å². The van der Waals surface area contributed by atoms with Crippen molar-refractivity contribution >= 4 is 97.0 Å². The van der Waals surface area contributed by atoms with E-state index in [1.54, 1.807) is 0 Å². The van der Waals surface area contributed by atoms with Crippen molar-refractivity contribution < 1.29 is 139 Å². The van der Waals surface area contributed by atoms with Gasteiger partial charge in [0, 0.05) is 12.6 Å². The number of hydrogen-bond donors (Lipinski definition) is 9. The van der Waals surface area contributed by atoms with Gasteiger partial charge in [-0.05, 0) is 17.7 Å². The molecule has 2 aliphatic rings. The van der Waals surface area contributed by atoms with Gasteiger partial charge in [0.05, 0.1) is 13.2 Å². The average Bonchev–Trinajstić information content (AvgIpc) is 3.01. The van der Waals surface area contributed by atoms with Gasteiger partial charge in [-0.1, -0.05) is 12.1 Å². The minimum absolute atomic E-state index is 0.0146. The van der Waals surface area contributed by atoms with E-state index in [1.807, 2.05) is 0 Å². The molecule has 0 aliphatic carbocycles. The number of benzene rings is 1. The maximum atomic E-state index is 12.3. The van der Waals surface area contributed by atoms with E-state index < -0.39 is 158 Å². The molecule has 33 nitrogen and oxygen atoms in total. The molecule has 2 fully saturated rings. The molecule has 0 radical (unpaired) electrons. The van der Waals surface area contributed by atoms with Crippen molar-refractivity contribution in [2.45, 2.75) is 67.0 Å². The molecule has 2 saturated heterocycles. The molecule has 0 bridgehead atoms. The first-order valence-corrected chi connectivity index (χ1v) is 24.9. The van der Waals surface area contributed by atoms with E-state index in [4.69, 9.17) is 18.8 Å². The molecule has 0 unspecified atom stereocenters. The Morgan fingerprint density at radius 3 is 1.43 bits per heavy atom. The van der Waals surface area contributed by atoms with E-state index >= 15 is 0 Å². The van der Waals surface area contributed by atoms with Gasteiger partial charge in [-0.2, -0.15) is 58.9 Å². The quantitative estimate of drug-likeness (QED) is 0.0442. The Bertz CT molecular complexity index is 2550. The third-order valence-electron chi connectivity index (χ3n) is 7.13. The fourth-order valence-electron chi connectivity index (χ4n) is 5.32. The lowest BCUT2D eigenvalue weighted by atomic mass is 9.90. The number of carbonyl (C=O) groups is 1. The highest BCUT2D eigenvalue weighted by atomic mass is 32.3. The van der Waals surface area contributed by atoms with E-state index in [1.165, 1.54) is 0 Å². The first-order chi connectivity index (χ1) is 27.2. The molecule has 8 N–H and O–H groups in total. The molecule has 1 aromatic rings. The summed E-state index contributed by atoms with van der Waals surface area (Å²) in [5.74, 6) is -0.646.